The lowest BCUT2D eigenvalue weighted by Crippen LogP contribution is -2.40. The zero-order valence-corrected chi connectivity index (χ0v) is 16.5. The summed E-state index contributed by atoms with van der Waals surface area (Å²) < 4.78 is 32.2. The fourth-order valence-corrected chi connectivity index (χ4v) is 5.43. The summed E-state index contributed by atoms with van der Waals surface area (Å²) in [5.74, 6) is -0.108. The molecule has 1 aromatic carbocycles. The van der Waals surface area contributed by atoms with E-state index in [-0.39, 0.29) is 16.2 Å². The van der Waals surface area contributed by atoms with Crippen molar-refractivity contribution in [1.29, 1.82) is 0 Å². The van der Waals surface area contributed by atoms with E-state index in [9.17, 15) is 13.2 Å². The van der Waals surface area contributed by atoms with Crippen LogP contribution in [0.15, 0.2) is 29.2 Å². The van der Waals surface area contributed by atoms with Crippen LogP contribution in [0, 0.1) is 5.41 Å². The third-order valence-corrected chi connectivity index (χ3v) is 7.50. The van der Waals surface area contributed by atoms with Crippen LogP contribution in [0.5, 0.6) is 0 Å². The van der Waals surface area contributed by atoms with Gasteiger partial charge in [0.2, 0.25) is 15.9 Å². The van der Waals surface area contributed by atoms with E-state index in [0.29, 0.717) is 45.0 Å². The summed E-state index contributed by atoms with van der Waals surface area (Å²) in [7, 11) is -3.58. The van der Waals surface area contributed by atoms with Gasteiger partial charge < -0.3 is 15.8 Å². The SMILES string of the molecule is NCC1(CC(=O)Nc2cccc(S(=O)(=O)N3CCOCC3)c2)CCCCC1. The Balaban J connectivity index is 1.69. The van der Waals surface area contributed by atoms with Crippen molar-refractivity contribution in [2.24, 2.45) is 11.1 Å². The second-order valence-electron chi connectivity index (χ2n) is 7.53. The van der Waals surface area contributed by atoms with Crippen molar-refractivity contribution in [3.8, 4) is 0 Å². The van der Waals surface area contributed by atoms with Crippen LogP contribution in [0.3, 0.4) is 0 Å². The lowest BCUT2D eigenvalue weighted by Gasteiger charge is -2.35. The molecule has 3 rings (SSSR count). The lowest BCUT2D eigenvalue weighted by molar-refractivity contribution is -0.118. The number of carbonyl (C=O) groups excluding carboxylic acids is 1. The van der Waals surface area contributed by atoms with Crippen LogP contribution in [0.4, 0.5) is 5.69 Å². The highest BCUT2D eigenvalue weighted by atomic mass is 32.2. The van der Waals surface area contributed by atoms with Gasteiger partial charge in [-0.25, -0.2) is 8.42 Å². The Kier molecular flexibility index (Phi) is 6.52. The molecule has 0 bridgehead atoms. The standard InChI is InChI=1S/C19H29N3O4S/c20-15-19(7-2-1-3-8-19)14-18(23)21-16-5-4-6-17(13-16)27(24,25)22-9-11-26-12-10-22/h4-6,13H,1-3,7-12,14-15,20H2,(H,21,23). The summed E-state index contributed by atoms with van der Waals surface area (Å²) in [5, 5.41) is 2.86. The van der Waals surface area contributed by atoms with E-state index in [0.717, 1.165) is 25.7 Å². The van der Waals surface area contributed by atoms with Gasteiger partial charge in [0, 0.05) is 25.2 Å². The summed E-state index contributed by atoms with van der Waals surface area (Å²) in [5.41, 5.74) is 6.34. The number of rotatable bonds is 6. The molecule has 3 N–H and O–H groups in total. The van der Waals surface area contributed by atoms with Crippen molar-refractivity contribution in [2.45, 2.75) is 43.4 Å². The largest absolute Gasteiger partial charge is 0.379 e. The summed E-state index contributed by atoms with van der Waals surface area (Å²) in [6.07, 6.45) is 5.75. The van der Waals surface area contributed by atoms with Gasteiger partial charge in [0.05, 0.1) is 18.1 Å². The molecule has 7 nitrogen and oxygen atoms in total. The van der Waals surface area contributed by atoms with Crippen LogP contribution in [0.1, 0.15) is 38.5 Å². The first kappa shape index (κ1) is 20.3. The number of nitrogens with two attached hydrogens (primary N) is 1. The molecule has 8 heteroatoms. The maximum Gasteiger partial charge on any atom is 0.243 e. The van der Waals surface area contributed by atoms with Gasteiger partial charge in [0.15, 0.2) is 0 Å². The Labute approximate surface area is 161 Å². The molecule has 0 radical (unpaired) electrons. The number of sulfonamides is 1. The van der Waals surface area contributed by atoms with Crippen LogP contribution >= 0.6 is 0 Å². The smallest absolute Gasteiger partial charge is 0.243 e. The first-order valence-electron chi connectivity index (χ1n) is 9.63. The van der Waals surface area contributed by atoms with Gasteiger partial charge in [0.25, 0.3) is 0 Å². The topological polar surface area (TPSA) is 102 Å². The summed E-state index contributed by atoms with van der Waals surface area (Å²) in [4.78, 5) is 12.8. The van der Waals surface area contributed by atoms with Crippen LogP contribution in [0.25, 0.3) is 0 Å². The Bertz CT molecular complexity index is 754. The molecule has 150 valence electrons. The van der Waals surface area contributed by atoms with Gasteiger partial charge in [-0.1, -0.05) is 25.3 Å². The summed E-state index contributed by atoms with van der Waals surface area (Å²) in [6, 6.07) is 6.45. The number of amides is 1. The van der Waals surface area contributed by atoms with Gasteiger partial charge in [-0.15, -0.1) is 0 Å². The molecule has 2 aliphatic rings. The van der Waals surface area contributed by atoms with Gasteiger partial charge >= 0.3 is 0 Å². The predicted octanol–water partition coefficient (Wildman–Crippen LogP) is 1.95. The zero-order valence-electron chi connectivity index (χ0n) is 15.7. The normalized spacial score (nSPS) is 20.9. The maximum atomic E-state index is 12.8. The quantitative estimate of drug-likeness (QED) is 0.766. The van der Waals surface area contributed by atoms with E-state index in [4.69, 9.17) is 10.5 Å². The molecule has 0 atom stereocenters. The molecular formula is C19H29N3O4S. The molecule has 27 heavy (non-hydrogen) atoms. The molecule has 1 aliphatic carbocycles. The van der Waals surface area contributed by atoms with Gasteiger partial charge in [-0.2, -0.15) is 4.31 Å². The minimum Gasteiger partial charge on any atom is -0.379 e. The van der Waals surface area contributed by atoms with E-state index < -0.39 is 10.0 Å². The average Bonchev–Trinajstić information content (AvgIpc) is 2.69. The van der Waals surface area contributed by atoms with Crippen LogP contribution in [0.2, 0.25) is 0 Å². The number of hydrogen-bond acceptors (Lipinski definition) is 5. The number of ether oxygens (including phenoxy) is 1. The summed E-state index contributed by atoms with van der Waals surface area (Å²) in [6.45, 7) is 2.00. The van der Waals surface area contributed by atoms with Crippen LogP contribution < -0.4 is 11.1 Å². The molecular weight excluding hydrogens is 366 g/mol. The fraction of sp³-hybridized carbons (Fsp3) is 0.632. The molecule has 1 aliphatic heterocycles. The molecule has 0 unspecified atom stereocenters. The molecule has 1 heterocycles. The van der Waals surface area contributed by atoms with Crippen molar-refractivity contribution >= 4 is 21.6 Å². The Morgan fingerprint density at radius 2 is 1.89 bits per heavy atom. The molecule has 1 amide bonds. The van der Waals surface area contributed by atoms with Crippen molar-refractivity contribution in [3.63, 3.8) is 0 Å². The first-order valence-corrected chi connectivity index (χ1v) is 11.1. The monoisotopic (exact) mass is 395 g/mol. The zero-order chi connectivity index (χ0) is 19.3. The highest BCUT2D eigenvalue weighted by Crippen LogP contribution is 2.38. The second kappa shape index (κ2) is 8.68. The number of hydrogen-bond donors (Lipinski definition) is 2. The minimum atomic E-state index is -3.58. The number of nitrogens with one attached hydrogen (secondary N) is 1. The predicted molar refractivity (Wildman–Crippen MR) is 104 cm³/mol. The van der Waals surface area contributed by atoms with Gasteiger partial charge in [-0.05, 0) is 43.0 Å². The van der Waals surface area contributed by atoms with E-state index >= 15 is 0 Å². The Morgan fingerprint density at radius 3 is 2.56 bits per heavy atom. The lowest BCUT2D eigenvalue weighted by atomic mass is 9.71. The van der Waals surface area contributed by atoms with Crippen LogP contribution in [-0.2, 0) is 19.6 Å². The van der Waals surface area contributed by atoms with Crippen molar-refractivity contribution in [2.75, 3.05) is 38.2 Å². The molecule has 1 saturated carbocycles. The molecule has 0 aromatic heterocycles. The number of anilines is 1. The van der Waals surface area contributed by atoms with Crippen molar-refractivity contribution in [1.82, 2.24) is 4.31 Å². The molecule has 2 fully saturated rings. The van der Waals surface area contributed by atoms with E-state index in [1.54, 1.807) is 18.2 Å². The molecule has 0 spiro atoms. The number of morpholine rings is 1. The Morgan fingerprint density at radius 1 is 1.19 bits per heavy atom. The second-order valence-corrected chi connectivity index (χ2v) is 9.47. The third kappa shape index (κ3) is 4.87. The fourth-order valence-electron chi connectivity index (χ4n) is 3.97. The van der Waals surface area contributed by atoms with Crippen molar-refractivity contribution in [3.05, 3.63) is 24.3 Å². The van der Waals surface area contributed by atoms with Crippen molar-refractivity contribution < 1.29 is 17.9 Å². The van der Waals surface area contributed by atoms with Crippen LogP contribution in [-0.4, -0.2) is 51.5 Å². The minimum absolute atomic E-state index is 0.108. The van der Waals surface area contributed by atoms with E-state index in [1.165, 1.54) is 16.8 Å². The number of benzene rings is 1. The van der Waals surface area contributed by atoms with E-state index in [2.05, 4.69) is 5.32 Å². The third-order valence-electron chi connectivity index (χ3n) is 5.61. The highest BCUT2D eigenvalue weighted by Gasteiger charge is 2.33. The number of nitrogens with zero attached hydrogens (tertiary/aromatic N) is 1. The molecule has 1 aromatic rings. The Hall–Kier alpha value is -1.48. The number of carbonyl (C=O) groups is 1. The molecule has 1 saturated heterocycles. The summed E-state index contributed by atoms with van der Waals surface area (Å²) >= 11 is 0. The first-order chi connectivity index (χ1) is 13.0. The highest BCUT2D eigenvalue weighted by molar-refractivity contribution is 7.89. The maximum absolute atomic E-state index is 12.8. The average molecular weight is 396 g/mol. The van der Waals surface area contributed by atoms with Gasteiger partial charge in [0.1, 0.15) is 0 Å². The van der Waals surface area contributed by atoms with Gasteiger partial charge in [-0.3, -0.25) is 4.79 Å². The van der Waals surface area contributed by atoms with E-state index in [1.807, 2.05) is 0 Å².